The molecule has 0 radical (unpaired) electrons. The Kier molecular flexibility index (Phi) is 1.95. The average molecular weight is 188 g/mol. The highest BCUT2D eigenvalue weighted by atomic mass is 16.5. The highest BCUT2D eigenvalue weighted by Crippen LogP contribution is 2.45. The van der Waals surface area contributed by atoms with E-state index < -0.39 is 0 Å². The predicted octanol–water partition coefficient (Wildman–Crippen LogP) is 1.51. The maximum Gasteiger partial charge on any atom is 0.240 e. The molecule has 0 amide bonds. The molecular weight excluding hydrogens is 184 g/mol. The summed E-state index contributed by atoms with van der Waals surface area (Å²) < 4.78 is 5.20. The summed E-state index contributed by atoms with van der Waals surface area (Å²) in [6, 6.07) is 3.31. The SMILES string of the molecule is O=C=Nc1ccc2c(N=C=O)c1OC2. The molecule has 5 nitrogen and oxygen atoms in total. The van der Waals surface area contributed by atoms with Crippen molar-refractivity contribution in [3.8, 4) is 5.75 Å². The van der Waals surface area contributed by atoms with Gasteiger partial charge in [0.15, 0.2) is 5.75 Å². The number of ether oxygens (including phenoxy) is 1. The van der Waals surface area contributed by atoms with Gasteiger partial charge in [-0.1, -0.05) is 6.07 Å². The van der Waals surface area contributed by atoms with Crippen LogP contribution in [-0.4, -0.2) is 12.2 Å². The molecule has 1 aromatic rings. The number of hydrogen-bond donors (Lipinski definition) is 0. The number of benzene rings is 1. The Hall–Kier alpha value is -2.22. The van der Waals surface area contributed by atoms with Gasteiger partial charge in [-0.3, -0.25) is 0 Å². The lowest BCUT2D eigenvalue weighted by molar-refractivity contribution is 0.329. The molecule has 14 heavy (non-hydrogen) atoms. The molecule has 0 aliphatic carbocycles. The van der Waals surface area contributed by atoms with E-state index in [0.29, 0.717) is 23.7 Å². The molecule has 0 unspecified atom stereocenters. The Bertz CT molecular complexity index is 483. The van der Waals surface area contributed by atoms with Gasteiger partial charge < -0.3 is 4.74 Å². The first-order valence-electron chi connectivity index (χ1n) is 3.81. The average Bonchev–Trinajstić information content (AvgIpc) is 2.45. The van der Waals surface area contributed by atoms with Crippen molar-refractivity contribution in [3.63, 3.8) is 0 Å². The Balaban J connectivity index is 2.67. The van der Waals surface area contributed by atoms with Gasteiger partial charge in [0.1, 0.15) is 18.0 Å². The molecule has 1 heterocycles. The van der Waals surface area contributed by atoms with E-state index in [2.05, 4.69) is 9.98 Å². The maximum atomic E-state index is 10.1. The minimum atomic E-state index is 0.329. The van der Waals surface area contributed by atoms with Gasteiger partial charge in [0.25, 0.3) is 0 Å². The van der Waals surface area contributed by atoms with Crippen LogP contribution in [0.1, 0.15) is 5.56 Å². The van der Waals surface area contributed by atoms with Crippen LogP contribution in [0.5, 0.6) is 5.75 Å². The Morgan fingerprint density at radius 3 is 2.71 bits per heavy atom. The van der Waals surface area contributed by atoms with E-state index in [9.17, 15) is 9.59 Å². The molecule has 1 aromatic carbocycles. The standard InChI is InChI=1S/C9H4N2O3/c12-4-10-7-2-1-6-3-14-9(7)8(6)11-5-13/h1-2H,3H2. The molecule has 0 spiro atoms. The van der Waals surface area contributed by atoms with Crippen LogP contribution in [0.3, 0.4) is 0 Å². The lowest BCUT2D eigenvalue weighted by Gasteiger charge is -1.97. The van der Waals surface area contributed by atoms with Crippen LogP contribution < -0.4 is 4.74 Å². The van der Waals surface area contributed by atoms with Gasteiger partial charge in [-0.15, -0.1) is 0 Å². The quantitative estimate of drug-likeness (QED) is 0.521. The second-order valence-corrected chi connectivity index (χ2v) is 2.62. The Morgan fingerprint density at radius 2 is 2.00 bits per heavy atom. The normalized spacial score (nSPS) is 11.1. The molecule has 5 heteroatoms. The van der Waals surface area contributed by atoms with Crippen LogP contribution in [0, 0.1) is 0 Å². The van der Waals surface area contributed by atoms with Gasteiger partial charge >= 0.3 is 0 Å². The molecule has 0 fully saturated rings. The van der Waals surface area contributed by atoms with Crippen molar-refractivity contribution in [1.82, 2.24) is 0 Å². The van der Waals surface area contributed by atoms with E-state index in [0.717, 1.165) is 5.56 Å². The molecule has 0 saturated carbocycles. The van der Waals surface area contributed by atoms with Gasteiger partial charge in [-0.05, 0) is 6.07 Å². The van der Waals surface area contributed by atoms with E-state index in [1.54, 1.807) is 12.1 Å². The molecule has 1 aliphatic heterocycles. The topological polar surface area (TPSA) is 68.1 Å². The molecule has 0 N–H and O–H groups in total. The summed E-state index contributed by atoms with van der Waals surface area (Å²) in [6.45, 7) is 0.338. The van der Waals surface area contributed by atoms with Crippen molar-refractivity contribution in [2.45, 2.75) is 6.61 Å². The minimum absolute atomic E-state index is 0.329. The van der Waals surface area contributed by atoms with Crippen molar-refractivity contribution >= 4 is 23.5 Å². The number of rotatable bonds is 2. The summed E-state index contributed by atoms with van der Waals surface area (Å²) in [4.78, 5) is 27.1. The van der Waals surface area contributed by atoms with Crippen LogP contribution >= 0.6 is 0 Å². The first-order valence-corrected chi connectivity index (χ1v) is 3.81. The van der Waals surface area contributed by atoms with Crippen molar-refractivity contribution in [2.24, 2.45) is 9.98 Å². The van der Waals surface area contributed by atoms with E-state index in [1.807, 2.05) is 0 Å². The summed E-state index contributed by atoms with van der Waals surface area (Å²) in [5.41, 5.74) is 1.51. The number of hydrogen-bond acceptors (Lipinski definition) is 5. The molecule has 0 aromatic heterocycles. The molecular formula is C9H4N2O3. The van der Waals surface area contributed by atoms with Crippen LogP contribution in [0.2, 0.25) is 0 Å². The molecule has 1 aliphatic rings. The van der Waals surface area contributed by atoms with Crippen molar-refractivity contribution in [2.75, 3.05) is 0 Å². The third kappa shape index (κ3) is 1.13. The largest absolute Gasteiger partial charge is 0.484 e. The smallest absolute Gasteiger partial charge is 0.240 e. The first-order chi connectivity index (χ1) is 6.86. The van der Waals surface area contributed by atoms with Gasteiger partial charge in [0, 0.05) is 5.56 Å². The second-order valence-electron chi connectivity index (χ2n) is 2.62. The molecule has 0 saturated heterocycles. The number of carbonyl (C=O) groups excluding carboxylic acids is 2. The third-order valence-corrected chi connectivity index (χ3v) is 1.89. The summed E-state index contributed by atoms with van der Waals surface area (Å²) >= 11 is 0. The van der Waals surface area contributed by atoms with Crippen molar-refractivity contribution in [1.29, 1.82) is 0 Å². The summed E-state index contributed by atoms with van der Waals surface area (Å²) in [6.07, 6.45) is 2.84. The van der Waals surface area contributed by atoms with Gasteiger partial charge in [-0.2, -0.15) is 9.98 Å². The van der Waals surface area contributed by atoms with Gasteiger partial charge in [0.05, 0.1) is 0 Å². The van der Waals surface area contributed by atoms with Gasteiger partial charge in [0.2, 0.25) is 12.2 Å². The fourth-order valence-corrected chi connectivity index (χ4v) is 1.32. The van der Waals surface area contributed by atoms with Gasteiger partial charge in [-0.25, -0.2) is 9.59 Å². The Morgan fingerprint density at radius 1 is 1.21 bits per heavy atom. The van der Waals surface area contributed by atoms with Crippen molar-refractivity contribution < 1.29 is 14.3 Å². The highest BCUT2D eigenvalue weighted by molar-refractivity contribution is 5.75. The predicted molar refractivity (Wildman–Crippen MR) is 46.3 cm³/mol. The maximum absolute atomic E-state index is 10.1. The number of aliphatic imine (C=N–C) groups is 2. The summed E-state index contributed by atoms with van der Waals surface area (Å²) in [7, 11) is 0. The number of isocyanates is 2. The lowest BCUT2D eigenvalue weighted by Crippen LogP contribution is -1.81. The summed E-state index contributed by atoms with van der Waals surface area (Å²) in [5.74, 6) is 0.342. The summed E-state index contributed by atoms with van der Waals surface area (Å²) in [5, 5.41) is 0. The van der Waals surface area contributed by atoms with E-state index in [1.165, 1.54) is 12.2 Å². The first kappa shape index (κ1) is 8.38. The van der Waals surface area contributed by atoms with Crippen LogP contribution in [0.25, 0.3) is 0 Å². The fourth-order valence-electron chi connectivity index (χ4n) is 1.32. The van der Waals surface area contributed by atoms with Crippen LogP contribution in [0.4, 0.5) is 11.4 Å². The third-order valence-electron chi connectivity index (χ3n) is 1.89. The van der Waals surface area contributed by atoms with Crippen LogP contribution in [-0.2, 0) is 16.2 Å². The molecule has 0 atom stereocenters. The van der Waals surface area contributed by atoms with Crippen LogP contribution in [0.15, 0.2) is 22.1 Å². The van der Waals surface area contributed by atoms with Crippen molar-refractivity contribution in [3.05, 3.63) is 17.7 Å². The number of fused-ring (bicyclic) bond motifs is 2. The highest BCUT2D eigenvalue weighted by Gasteiger charge is 2.21. The van der Waals surface area contributed by atoms with E-state index in [-0.39, 0.29) is 0 Å². The number of nitrogens with zero attached hydrogens (tertiary/aromatic N) is 2. The molecule has 2 bridgehead atoms. The zero-order chi connectivity index (χ0) is 9.97. The monoisotopic (exact) mass is 188 g/mol. The van der Waals surface area contributed by atoms with E-state index >= 15 is 0 Å². The molecule has 2 rings (SSSR count). The fraction of sp³-hybridized carbons (Fsp3) is 0.111. The van der Waals surface area contributed by atoms with E-state index in [4.69, 9.17) is 4.74 Å². The Labute approximate surface area is 78.7 Å². The zero-order valence-electron chi connectivity index (χ0n) is 6.98. The zero-order valence-corrected chi connectivity index (χ0v) is 6.98. The molecule has 68 valence electrons. The minimum Gasteiger partial charge on any atom is -0.484 e. The second kappa shape index (κ2) is 3.26. The lowest BCUT2D eigenvalue weighted by atomic mass is 10.2.